The van der Waals surface area contributed by atoms with Gasteiger partial charge in [-0.1, -0.05) is 15.9 Å². The van der Waals surface area contributed by atoms with Crippen LogP contribution in [-0.4, -0.2) is 5.91 Å². The van der Waals surface area contributed by atoms with Gasteiger partial charge in [0.25, 0.3) is 5.91 Å². The molecule has 0 bridgehead atoms. The number of nitrogens with zero attached hydrogens (tertiary/aromatic N) is 1. The van der Waals surface area contributed by atoms with Crippen molar-refractivity contribution in [3.05, 3.63) is 57.8 Å². The number of hydrogen-bond acceptors (Lipinski definition) is 1. The van der Waals surface area contributed by atoms with Crippen LogP contribution in [-0.2, 0) is 11.3 Å². The molecule has 0 saturated carbocycles. The van der Waals surface area contributed by atoms with E-state index in [9.17, 15) is 4.79 Å². The van der Waals surface area contributed by atoms with Gasteiger partial charge < -0.3 is 5.32 Å². The van der Waals surface area contributed by atoms with E-state index in [0.717, 1.165) is 21.4 Å². The number of amides is 1. The zero-order valence-corrected chi connectivity index (χ0v) is 13.5. The third-order valence-electron chi connectivity index (χ3n) is 3.37. The van der Waals surface area contributed by atoms with Gasteiger partial charge in [0.15, 0.2) is 11.9 Å². The van der Waals surface area contributed by atoms with E-state index in [1.165, 1.54) is 5.56 Å². The van der Waals surface area contributed by atoms with Gasteiger partial charge in [0.2, 0.25) is 6.54 Å². The topological polar surface area (TPSA) is 33.0 Å². The van der Waals surface area contributed by atoms with Crippen molar-refractivity contribution in [2.75, 3.05) is 5.32 Å². The van der Waals surface area contributed by atoms with E-state index in [-0.39, 0.29) is 5.91 Å². The summed E-state index contributed by atoms with van der Waals surface area (Å²) in [4.78, 5) is 12.1. The summed E-state index contributed by atoms with van der Waals surface area (Å²) in [5.41, 5.74) is 4.21. The first-order valence-corrected chi connectivity index (χ1v) is 7.28. The Kier molecular flexibility index (Phi) is 4.55. The number of carbonyl (C=O) groups is 1. The van der Waals surface area contributed by atoms with Crippen molar-refractivity contribution in [1.29, 1.82) is 0 Å². The number of nitrogens with one attached hydrogen (secondary N) is 1. The van der Waals surface area contributed by atoms with Crippen LogP contribution in [0.5, 0.6) is 0 Å². The summed E-state index contributed by atoms with van der Waals surface area (Å²) < 4.78 is 3.00. The molecule has 2 aromatic rings. The van der Waals surface area contributed by atoms with Gasteiger partial charge in [0, 0.05) is 28.7 Å². The number of aromatic nitrogens is 1. The zero-order valence-electron chi connectivity index (χ0n) is 11.9. The largest absolute Gasteiger partial charge is 0.321 e. The quantitative estimate of drug-likeness (QED) is 0.859. The average Bonchev–Trinajstić information content (AvgIpc) is 2.39. The fraction of sp³-hybridized carbons (Fsp3) is 0.250. The molecule has 1 aromatic carbocycles. The lowest BCUT2D eigenvalue weighted by Gasteiger charge is -2.07. The molecule has 1 heterocycles. The molecule has 1 N–H and O–H groups in total. The number of aryl methyl sites for hydroxylation is 2. The molecule has 1 amide bonds. The van der Waals surface area contributed by atoms with Crippen LogP contribution in [0.3, 0.4) is 0 Å². The number of halogens is 1. The Balaban J connectivity index is 2.09. The SMILES string of the molecule is Cc1cc(NC(=O)C[n+]2cccc(C)c2C)ccc1Br. The first kappa shape index (κ1) is 14.7. The molecule has 0 radical (unpaired) electrons. The van der Waals surface area contributed by atoms with Crippen LogP contribution >= 0.6 is 15.9 Å². The first-order valence-electron chi connectivity index (χ1n) is 6.49. The van der Waals surface area contributed by atoms with E-state index in [2.05, 4.69) is 21.2 Å². The summed E-state index contributed by atoms with van der Waals surface area (Å²) in [7, 11) is 0. The lowest BCUT2D eigenvalue weighted by atomic mass is 10.2. The maximum Gasteiger partial charge on any atom is 0.290 e. The third-order valence-corrected chi connectivity index (χ3v) is 4.26. The number of carbonyl (C=O) groups excluding carboxylic acids is 1. The van der Waals surface area contributed by atoms with Gasteiger partial charge in [0.05, 0.1) is 0 Å². The van der Waals surface area contributed by atoms with E-state index in [4.69, 9.17) is 0 Å². The molecule has 0 aliphatic carbocycles. The molecule has 2 rings (SSSR count). The van der Waals surface area contributed by atoms with Gasteiger partial charge in [-0.05, 0) is 43.7 Å². The Hall–Kier alpha value is -1.68. The second-order valence-corrected chi connectivity index (χ2v) is 5.77. The number of rotatable bonds is 3. The second-order valence-electron chi connectivity index (χ2n) is 4.92. The van der Waals surface area contributed by atoms with Crippen molar-refractivity contribution >= 4 is 27.5 Å². The van der Waals surface area contributed by atoms with Crippen molar-refractivity contribution in [2.24, 2.45) is 0 Å². The summed E-state index contributed by atoms with van der Waals surface area (Å²) in [6, 6.07) is 9.79. The minimum atomic E-state index is -0.0228. The predicted octanol–water partition coefficient (Wildman–Crippen LogP) is 3.30. The molecule has 104 valence electrons. The number of hydrogen-bond donors (Lipinski definition) is 1. The van der Waals surface area contributed by atoms with Crippen molar-refractivity contribution in [1.82, 2.24) is 0 Å². The Morgan fingerprint density at radius 3 is 2.65 bits per heavy atom. The molecular formula is C16H18BrN2O+. The summed E-state index contributed by atoms with van der Waals surface area (Å²) in [5, 5.41) is 2.92. The summed E-state index contributed by atoms with van der Waals surface area (Å²) in [5.74, 6) is -0.0228. The van der Waals surface area contributed by atoms with Crippen molar-refractivity contribution in [3.8, 4) is 0 Å². The van der Waals surface area contributed by atoms with Crippen LogP contribution in [0.25, 0.3) is 0 Å². The molecule has 1 aromatic heterocycles. The van der Waals surface area contributed by atoms with Crippen LogP contribution in [0.1, 0.15) is 16.8 Å². The van der Waals surface area contributed by atoms with Gasteiger partial charge in [0.1, 0.15) is 0 Å². The average molecular weight is 334 g/mol. The molecule has 0 saturated heterocycles. The zero-order chi connectivity index (χ0) is 14.7. The van der Waals surface area contributed by atoms with Crippen LogP contribution in [0, 0.1) is 20.8 Å². The van der Waals surface area contributed by atoms with E-state index in [0.29, 0.717) is 6.54 Å². The minimum Gasteiger partial charge on any atom is -0.321 e. The number of pyridine rings is 1. The molecule has 0 spiro atoms. The molecule has 0 aliphatic heterocycles. The highest BCUT2D eigenvalue weighted by Crippen LogP contribution is 2.19. The fourth-order valence-electron chi connectivity index (χ4n) is 2.00. The van der Waals surface area contributed by atoms with E-state index in [1.807, 2.05) is 61.9 Å². The smallest absolute Gasteiger partial charge is 0.290 e. The highest BCUT2D eigenvalue weighted by molar-refractivity contribution is 9.10. The van der Waals surface area contributed by atoms with Crippen molar-refractivity contribution < 1.29 is 9.36 Å². The predicted molar refractivity (Wildman–Crippen MR) is 83.6 cm³/mol. The Labute approximate surface area is 127 Å². The van der Waals surface area contributed by atoms with Crippen LogP contribution in [0.15, 0.2) is 41.0 Å². The highest BCUT2D eigenvalue weighted by atomic mass is 79.9. The van der Waals surface area contributed by atoms with Crippen LogP contribution in [0.2, 0.25) is 0 Å². The standard InChI is InChI=1S/C16H17BrN2O/c1-11-5-4-8-19(13(11)3)10-16(20)18-14-6-7-15(17)12(2)9-14/h4-9H,10H2,1-3H3/p+1. The van der Waals surface area contributed by atoms with Gasteiger partial charge in [-0.25, -0.2) is 0 Å². The number of benzene rings is 1. The maximum atomic E-state index is 12.1. The van der Waals surface area contributed by atoms with E-state index in [1.54, 1.807) is 0 Å². The normalized spacial score (nSPS) is 10.4. The van der Waals surface area contributed by atoms with Gasteiger partial charge in [-0.3, -0.25) is 4.79 Å². The van der Waals surface area contributed by atoms with Gasteiger partial charge >= 0.3 is 0 Å². The van der Waals surface area contributed by atoms with Crippen LogP contribution in [0.4, 0.5) is 5.69 Å². The second kappa shape index (κ2) is 6.18. The molecule has 4 heteroatoms. The molecule has 0 unspecified atom stereocenters. The third kappa shape index (κ3) is 3.45. The van der Waals surface area contributed by atoms with E-state index >= 15 is 0 Å². The molecule has 3 nitrogen and oxygen atoms in total. The highest BCUT2D eigenvalue weighted by Gasteiger charge is 2.13. The molecule has 20 heavy (non-hydrogen) atoms. The van der Waals surface area contributed by atoms with Crippen molar-refractivity contribution in [2.45, 2.75) is 27.3 Å². The summed E-state index contributed by atoms with van der Waals surface area (Å²) in [6.07, 6.45) is 1.93. The molecule has 0 fully saturated rings. The Bertz CT molecular complexity index is 653. The Morgan fingerprint density at radius 1 is 1.20 bits per heavy atom. The van der Waals surface area contributed by atoms with Crippen molar-refractivity contribution in [3.63, 3.8) is 0 Å². The summed E-state index contributed by atoms with van der Waals surface area (Å²) in [6.45, 7) is 6.38. The minimum absolute atomic E-state index is 0.0228. The van der Waals surface area contributed by atoms with Crippen LogP contribution < -0.4 is 9.88 Å². The maximum absolute atomic E-state index is 12.1. The Morgan fingerprint density at radius 2 is 1.95 bits per heavy atom. The van der Waals surface area contributed by atoms with Gasteiger partial charge in [-0.15, -0.1) is 0 Å². The fourth-order valence-corrected chi connectivity index (χ4v) is 2.25. The van der Waals surface area contributed by atoms with E-state index < -0.39 is 0 Å². The molecule has 0 atom stereocenters. The monoisotopic (exact) mass is 333 g/mol. The molecule has 0 aliphatic rings. The molecular weight excluding hydrogens is 316 g/mol. The number of anilines is 1. The lowest BCUT2D eigenvalue weighted by Crippen LogP contribution is -2.43. The lowest BCUT2D eigenvalue weighted by molar-refractivity contribution is -0.690. The van der Waals surface area contributed by atoms with Gasteiger partial charge in [-0.2, -0.15) is 4.57 Å². The first-order chi connectivity index (χ1) is 9.47. The summed E-state index contributed by atoms with van der Waals surface area (Å²) >= 11 is 3.45.